The number of anilines is 2. The van der Waals surface area contributed by atoms with Crippen LogP contribution in [0.5, 0.6) is 5.75 Å². The van der Waals surface area contributed by atoms with E-state index in [-0.39, 0.29) is 26.8 Å². The number of hydrogen-bond donors (Lipinski definition) is 2. The van der Waals surface area contributed by atoms with Gasteiger partial charge in [-0.15, -0.1) is 10.2 Å². The van der Waals surface area contributed by atoms with Crippen LogP contribution in [-0.2, 0) is 14.8 Å². The first-order valence-corrected chi connectivity index (χ1v) is 8.88. The molecule has 0 bridgehead atoms. The van der Waals surface area contributed by atoms with Gasteiger partial charge in [0.1, 0.15) is 5.75 Å². The van der Waals surface area contributed by atoms with Gasteiger partial charge in [0.05, 0.1) is 12.8 Å². The van der Waals surface area contributed by atoms with Gasteiger partial charge in [-0.25, -0.2) is 0 Å². The molecule has 0 aliphatic rings. The zero-order valence-electron chi connectivity index (χ0n) is 12.4. The standard InChI is InChI=1S/C12H13ClN4O4S2/c1-6-4-9(10(21-3)5-8(6)13)17-23(19,20)12-16-15-11(22-12)14-7(2)18/h4-5,17H,1-3H3,(H,14,15,18). The highest BCUT2D eigenvalue weighted by atomic mass is 35.5. The number of benzene rings is 1. The lowest BCUT2D eigenvalue weighted by Gasteiger charge is -2.12. The molecular weight excluding hydrogens is 364 g/mol. The Hall–Kier alpha value is -1.91. The highest BCUT2D eigenvalue weighted by Gasteiger charge is 2.22. The van der Waals surface area contributed by atoms with Gasteiger partial charge in [-0.1, -0.05) is 22.9 Å². The molecule has 0 unspecified atom stereocenters. The fraction of sp³-hybridized carbons (Fsp3) is 0.250. The Balaban J connectivity index is 2.33. The first-order valence-electron chi connectivity index (χ1n) is 6.21. The van der Waals surface area contributed by atoms with Gasteiger partial charge < -0.3 is 10.1 Å². The molecule has 0 saturated carbocycles. The quantitative estimate of drug-likeness (QED) is 0.774. The molecule has 124 valence electrons. The molecule has 2 N–H and O–H groups in total. The molecule has 0 atom stereocenters. The average Bonchev–Trinajstić information content (AvgIpc) is 2.90. The summed E-state index contributed by atoms with van der Waals surface area (Å²) in [5.41, 5.74) is 0.909. The monoisotopic (exact) mass is 376 g/mol. The Morgan fingerprint density at radius 1 is 1.35 bits per heavy atom. The van der Waals surface area contributed by atoms with Crippen LogP contribution >= 0.6 is 22.9 Å². The fourth-order valence-electron chi connectivity index (χ4n) is 1.62. The molecule has 0 radical (unpaired) electrons. The van der Waals surface area contributed by atoms with Crippen molar-refractivity contribution in [1.29, 1.82) is 0 Å². The van der Waals surface area contributed by atoms with Crippen LogP contribution in [0.15, 0.2) is 16.5 Å². The molecule has 0 spiro atoms. The minimum Gasteiger partial charge on any atom is -0.495 e. The topological polar surface area (TPSA) is 110 Å². The van der Waals surface area contributed by atoms with Crippen molar-refractivity contribution in [3.8, 4) is 5.75 Å². The maximum Gasteiger partial charge on any atom is 0.291 e. The minimum atomic E-state index is -3.97. The number of ether oxygens (including phenoxy) is 1. The fourth-order valence-corrected chi connectivity index (χ4v) is 3.78. The van der Waals surface area contributed by atoms with Crippen molar-refractivity contribution >= 4 is 49.7 Å². The van der Waals surface area contributed by atoms with Crippen molar-refractivity contribution in [2.45, 2.75) is 18.2 Å². The number of halogens is 1. The molecule has 1 aromatic heterocycles. The van der Waals surface area contributed by atoms with E-state index in [9.17, 15) is 13.2 Å². The smallest absolute Gasteiger partial charge is 0.291 e. The number of sulfonamides is 1. The van der Waals surface area contributed by atoms with Crippen molar-refractivity contribution < 1.29 is 17.9 Å². The van der Waals surface area contributed by atoms with Crippen LogP contribution in [-0.4, -0.2) is 31.6 Å². The summed E-state index contributed by atoms with van der Waals surface area (Å²) in [6, 6.07) is 3.06. The van der Waals surface area contributed by atoms with E-state index in [1.165, 1.54) is 20.1 Å². The van der Waals surface area contributed by atoms with Crippen molar-refractivity contribution in [2.75, 3.05) is 17.1 Å². The van der Waals surface area contributed by atoms with Crippen LogP contribution in [0.4, 0.5) is 10.8 Å². The van der Waals surface area contributed by atoms with Crippen molar-refractivity contribution in [2.24, 2.45) is 0 Å². The SMILES string of the molecule is COc1cc(Cl)c(C)cc1NS(=O)(=O)c1nnc(NC(C)=O)s1. The largest absolute Gasteiger partial charge is 0.495 e. The molecule has 2 rings (SSSR count). The molecule has 1 heterocycles. The summed E-state index contributed by atoms with van der Waals surface area (Å²) >= 11 is 6.72. The number of carbonyl (C=O) groups excluding carboxylic acids is 1. The van der Waals surface area contributed by atoms with Crippen LogP contribution in [0.2, 0.25) is 5.02 Å². The average molecular weight is 377 g/mol. The van der Waals surface area contributed by atoms with Crippen molar-refractivity contribution in [3.05, 3.63) is 22.7 Å². The maximum absolute atomic E-state index is 12.4. The van der Waals surface area contributed by atoms with Gasteiger partial charge in [0.2, 0.25) is 11.0 Å². The predicted octanol–water partition coefficient (Wildman–Crippen LogP) is 2.27. The first kappa shape index (κ1) is 17.4. The Morgan fingerprint density at radius 2 is 2.04 bits per heavy atom. The number of aryl methyl sites for hydroxylation is 1. The number of rotatable bonds is 5. The number of carbonyl (C=O) groups is 1. The van der Waals surface area contributed by atoms with Gasteiger partial charge in [-0.3, -0.25) is 9.52 Å². The Kier molecular flexibility index (Phi) is 5.07. The van der Waals surface area contributed by atoms with E-state index in [4.69, 9.17) is 16.3 Å². The van der Waals surface area contributed by atoms with Gasteiger partial charge in [-0.2, -0.15) is 8.42 Å². The molecule has 0 aliphatic heterocycles. The number of aromatic nitrogens is 2. The second kappa shape index (κ2) is 6.69. The summed E-state index contributed by atoms with van der Waals surface area (Å²) < 4.78 is 31.9. The molecule has 8 nitrogen and oxygen atoms in total. The van der Waals surface area contributed by atoms with Crippen LogP contribution in [0.1, 0.15) is 12.5 Å². The molecular formula is C12H13ClN4O4S2. The molecule has 2 aromatic rings. The number of nitrogens with zero attached hydrogens (tertiary/aromatic N) is 2. The third-order valence-corrected chi connectivity index (χ3v) is 5.62. The third kappa shape index (κ3) is 4.09. The number of methoxy groups -OCH3 is 1. The highest BCUT2D eigenvalue weighted by Crippen LogP contribution is 2.33. The number of amides is 1. The van der Waals surface area contributed by atoms with E-state index in [0.29, 0.717) is 10.6 Å². The van der Waals surface area contributed by atoms with E-state index in [1.807, 2.05) is 0 Å². The summed E-state index contributed by atoms with van der Waals surface area (Å²) in [4.78, 5) is 10.9. The van der Waals surface area contributed by atoms with E-state index in [1.54, 1.807) is 13.0 Å². The predicted molar refractivity (Wildman–Crippen MR) is 87.8 cm³/mol. The van der Waals surface area contributed by atoms with Crippen LogP contribution in [0, 0.1) is 6.92 Å². The molecule has 0 saturated heterocycles. The second-order valence-corrected chi connectivity index (χ2v) is 7.70. The van der Waals surface area contributed by atoms with Gasteiger partial charge in [-0.05, 0) is 18.6 Å². The van der Waals surface area contributed by atoms with Crippen LogP contribution in [0.25, 0.3) is 0 Å². The zero-order valence-corrected chi connectivity index (χ0v) is 14.8. The summed E-state index contributed by atoms with van der Waals surface area (Å²) in [5, 5.41) is 10.1. The van der Waals surface area contributed by atoms with Crippen LogP contribution in [0.3, 0.4) is 0 Å². The number of hydrogen-bond acceptors (Lipinski definition) is 7. The van der Waals surface area contributed by atoms with Gasteiger partial charge in [0, 0.05) is 18.0 Å². The lowest BCUT2D eigenvalue weighted by atomic mass is 10.2. The highest BCUT2D eigenvalue weighted by molar-refractivity contribution is 7.94. The van der Waals surface area contributed by atoms with E-state index in [0.717, 1.165) is 11.3 Å². The zero-order chi connectivity index (χ0) is 17.2. The van der Waals surface area contributed by atoms with E-state index < -0.39 is 10.0 Å². The Labute approximate surface area is 141 Å². The number of nitrogens with one attached hydrogen (secondary N) is 2. The summed E-state index contributed by atoms with van der Waals surface area (Å²) in [6.07, 6.45) is 0. The molecule has 0 fully saturated rings. The molecule has 23 heavy (non-hydrogen) atoms. The summed E-state index contributed by atoms with van der Waals surface area (Å²) in [6.45, 7) is 3.02. The van der Waals surface area contributed by atoms with Crippen molar-refractivity contribution in [1.82, 2.24) is 10.2 Å². The lowest BCUT2D eigenvalue weighted by Crippen LogP contribution is -2.13. The summed E-state index contributed by atoms with van der Waals surface area (Å²) in [7, 11) is -2.57. The summed E-state index contributed by atoms with van der Waals surface area (Å²) in [5.74, 6) is -0.0937. The molecule has 1 amide bonds. The maximum atomic E-state index is 12.4. The molecule has 1 aromatic carbocycles. The second-order valence-electron chi connectivity index (χ2n) is 4.46. The van der Waals surface area contributed by atoms with E-state index >= 15 is 0 Å². The van der Waals surface area contributed by atoms with Crippen LogP contribution < -0.4 is 14.8 Å². The molecule has 11 heteroatoms. The molecule has 0 aliphatic carbocycles. The van der Waals surface area contributed by atoms with Gasteiger partial charge in [0.25, 0.3) is 14.4 Å². The lowest BCUT2D eigenvalue weighted by molar-refractivity contribution is -0.114. The van der Waals surface area contributed by atoms with Crippen molar-refractivity contribution in [3.63, 3.8) is 0 Å². The Bertz CT molecular complexity index is 851. The Morgan fingerprint density at radius 3 is 2.65 bits per heavy atom. The van der Waals surface area contributed by atoms with Gasteiger partial charge in [0.15, 0.2) is 0 Å². The first-order chi connectivity index (χ1) is 10.7. The third-order valence-electron chi connectivity index (χ3n) is 2.64. The van der Waals surface area contributed by atoms with Gasteiger partial charge >= 0.3 is 0 Å². The van der Waals surface area contributed by atoms with E-state index in [2.05, 4.69) is 20.2 Å². The minimum absolute atomic E-state index is 0.0946. The normalized spacial score (nSPS) is 11.1.